The number of fused-ring (bicyclic) bond motifs is 2. The van der Waals surface area contributed by atoms with Gasteiger partial charge in [0.15, 0.2) is 0 Å². The van der Waals surface area contributed by atoms with Crippen LogP contribution in [0.25, 0.3) is 22.2 Å². The molecule has 1 aliphatic rings. The molecule has 1 N–H and O–H groups in total. The van der Waals surface area contributed by atoms with Crippen molar-refractivity contribution in [2.75, 3.05) is 13.7 Å². The van der Waals surface area contributed by atoms with Gasteiger partial charge in [0, 0.05) is 39.2 Å². The summed E-state index contributed by atoms with van der Waals surface area (Å²) in [6.45, 7) is 0.594. The van der Waals surface area contributed by atoms with E-state index in [1.54, 1.807) is 7.11 Å². The number of amides is 1. The lowest BCUT2D eigenvalue weighted by Gasteiger charge is -2.27. The van der Waals surface area contributed by atoms with E-state index in [0.29, 0.717) is 11.6 Å². The number of nitrogens with one attached hydrogen (secondary N) is 1. The van der Waals surface area contributed by atoms with E-state index in [1.165, 1.54) is 0 Å². The minimum Gasteiger partial charge on any atom is -0.497 e. The van der Waals surface area contributed by atoms with Crippen molar-refractivity contribution >= 4 is 28.4 Å². The Morgan fingerprint density at radius 1 is 0.917 bits per heavy atom. The number of nitrogens with zero attached hydrogens (tertiary/aromatic N) is 1. The van der Waals surface area contributed by atoms with Crippen LogP contribution in [0.5, 0.6) is 5.75 Å². The van der Waals surface area contributed by atoms with Crippen molar-refractivity contribution < 1.29 is 9.53 Å². The van der Waals surface area contributed by atoms with E-state index in [-0.39, 0.29) is 11.9 Å². The van der Waals surface area contributed by atoms with Gasteiger partial charge in [0.1, 0.15) is 5.75 Å². The number of H-pyrrole nitrogens is 1. The number of methoxy groups -OCH3 is 1. The first-order valence-electron chi connectivity index (χ1n) is 12.0. The Hall–Kier alpha value is -4.02. The third kappa shape index (κ3) is 3.84. The van der Waals surface area contributed by atoms with Gasteiger partial charge in [0.25, 0.3) is 5.91 Å². The van der Waals surface area contributed by atoms with Crippen LogP contribution in [0.3, 0.4) is 0 Å². The summed E-state index contributed by atoms with van der Waals surface area (Å²) in [4.78, 5) is 19.4. The topological polar surface area (TPSA) is 45.3 Å². The van der Waals surface area contributed by atoms with Crippen molar-refractivity contribution in [2.45, 2.75) is 12.5 Å². The highest BCUT2D eigenvalue weighted by Gasteiger charge is 2.39. The molecule has 6 rings (SSSR count). The van der Waals surface area contributed by atoms with Crippen molar-refractivity contribution in [1.29, 1.82) is 0 Å². The number of para-hydroxylation sites is 1. The maximum atomic E-state index is 13.7. The number of carbonyl (C=O) groups excluding carboxylic acids is 1. The zero-order chi connectivity index (χ0) is 24.6. The van der Waals surface area contributed by atoms with E-state index in [0.717, 1.165) is 56.6 Å². The third-order valence-corrected chi connectivity index (χ3v) is 7.24. The highest BCUT2D eigenvalue weighted by atomic mass is 35.5. The molecule has 178 valence electrons. The van der Waals surface area contributed by atoms with Crippen molar-refractivity contribution in [3.63, 3.8) is 0 Å². The highest BCUT2D eigenvalue weighted by molar-refractivity contribution is 6.30. The van der Waals surface area contributed by atoms with Crippen molar-refractivity contribution in [3.8, 4) is 17.0 Å². The molecule has 0 fully saturated rings. The molecular weight excluding hydrogens is 468 g/mol. The van der Waals surface area contributed by atoms with Gasteiger partial charge in [0.05, 0.1) is 18.8 Å². The van der Waals surface area contributed by atoms with Gasteiger partial charge in [-0.25, -0.2) is 0 Å². The maximum Gasteiger partial charge on any atom is 0.255 e. The standard InChI is InChI=1S/C31H25ClN2O2/c1-36-23-8-6-7-21(19-23)29-28(26-11-4-5-12-27(26)33-29)30-24-9-2-3-10-25(24)31(35)34(30)18-17-20-13-15-22(32)16-14-20/h2-16,19,30,33H,17-18H2,1H3/t30-/m1/s1. The largest absolute Gasteiger partial charge is 0.497 e. The third-order valence-electron chi connectivity index (χ3n) is 6.99. The monoisotopic (exact) mass is 492 g/mol. The summed E-state index contributed by atoms with van der Waals surface area (Å²) in [5, 5.41) is 1.82. The normalized spacial score (nSPS) is 14.9. The Morgan fingerprint density at radius 3 is 2.53 bits per heavy atom. The molecule has 4 nitrogen and oxygen atoms in total. The molecule has 0 aliphatic carbocycles. The minimum atomic E-state index is -0.210. The van der Waals surface area contributed by atoms with E-state index in [2.05, 4.69) is 35.3 Å². The summed E-state index contributed by atoms with van der Waals surface area (Å²) in [5.41, 5.74) is 7.12. The Kier molecular flexibility index (Phi) is 5.74. The molecular formula is C31H25ClN2O2. The minimum absolute atomic E-state index is 0.0615. The van der Waals surface area contributed by atoms with Gasteiger partial charge < -0.3 is 14.6 Å². The second kappa shape index (κ2) is 9.21. The number of aromatic nitrogens is 1. The van der Waals surface area contributed by atoms with Crippen LogP contribution in [-0.2, 0) is 6.42 Å². The molecule has 0 unspecified atom stereocenters. The summed E-state index contributed by atoms with van der Waals surface area (Å²) in [5.74, 6) is 0.853. The second-order valence-electron chi connectivity index (χ2n) is 9.06. The van der Waals surface area contributed by atoms with Crippen LogP contribution in [0.1, 0.15) is 33.1 Å². The molecule has 36 heavy (non-hydrogen) atoms. The lowest BCUT2D eigenvalue weighted by atomic mass is 9.93. The molecule has 5 heteroatoms. The van der Waals surface area contributed by atoms with Crippen LogP contribution >= 0.6 is 11.6 Å². The summed E-state index contributed by atoms with van der Waals surface area (Å²) in [6.07, 6.45) is 0.740. The average Bonchev–Trinajstić information content (AvgIpc) is 3.43. The zero-order valence-corrected chi connectivity index (χ0v) is 20.6. The Bertz CT molecular complexity index is 1570. The fourth-order valence-electron chi connectivity index (χ4n) is 5.27. The average molecular weight is 493 g/mol. The van der Waals surface area contributed by atoms with Gasteiger partial charge in [-0.05, 0) is 53.9 Å². The molecule has 0 spiro atoms. The van der Waals surface area contributed by atoms with Crippen LogP contribution in [0.15, 0.2) is 97.1 Å². The number of halogens is 1. The first-order chi connectivity index (χ1) is 17.6. The van der Waals surface area contributed by atoms with Crippen LogP contribution in [0.2, 0.25) is 5.02 Å². The summed E-state index contributed by atoms with van der Waals surface area (Å²) < 4.78 is 5.52. The fraction of sp³-hybridized carbons (Fsp3) is 0.129. The van der Waals surface area contributed by atoms with E-state index in [1.807, 2.05) is 71.6 Å². The molecule has 1 aromatic heterocycles. The summed E-state index contributed by atoms with van der Waals surface area (Å²) in [7, 11) is 1.68. The van der Waals surface area contributed by atoms with E-state index >= 15 is 0 Å². The molecule has 0 saturated heterocycles. The lowest BCUT2D eigenvalue weighted by Crippen LogP contribution is -2.31. The number of hydrogen-bond acceptors (Lipinski definition) is 2. The molecule has 5 aromatic rings. The highest BCUT2D eigenvalue weighted by Crippen LogP contribution is 2.45. The predicted molar refractivity (Wildman–Crippen MR) is 145 cm³/mol. The van der Waals surface area contributed by atoms with Crippen molar-refractivity contribution in [1.82, 2.24) is 9.88 Å². The number of hydrogen-bond donors (Lipinski definition) is 1. The summed E-state index contributed by atoms with van der Waals surface area (Å²) in [6, 6.07) is 32.0. The van der Waals surface area contributed by atoms with Gasteiger partial charge >= 0.3 is 0 Å². The van der Waals surface area contributed by atoms with Crippen LogP contribution in [-0.4, -0.2) is 29.4 Å². The first-order valence-corrected chi connectivity index (χ1v) is 12.4. The van der Waals surface area contributed by atoms with Crippen LogP contribution in [0, 0.1) is 0 Å². The Balaban J connectivity index is 1.51. The number of benzene rings is 4. The number of carbonyl (C=O) groups is 1. The Morgan fingerprint density at radius 2 is 1.69 bits per heavy atom. The number of rotatable bonds is 6. The van der Waals surface area contributed by atoms with E-state index in [9.17, 15) is 4.79 Å². The van der Waals surface area contributed by atoms with Crippen molar-refractivity contribution in [2.24, 2.45) is 0 Å². The molecule has 1 amide bonds. The van der Waals surface area contributed by atoms with Gasteiger partial charge in [-0.15, -0.1) is 0 Å². The number of aromatic amines is 1. The number of ether oxygens (including phenoxy) is 1. The quantitative estimate of drug-likeness (QED) is 0.270. The zero-order valence-electron chi connectivity index (χ0n) is 19.9. The SMILES string of the molecule is COc1cccc(-c2[nH]c3ccccc3c2[C@H]2c3ccccc3C(=O)N2CCc2ccc(Cl)cc2)c1. The molecule has 1 aliphatic heterocycles. The summed E-state index contributed by atoms with van der Waals surface area (Å²) >= 11 is 6.09. The van der Waals surface area contributed by atoms with Crippen LogP contribution in [0.4, 0.5) is 0 Å². The van der Waals surface area contributed by atoms with E-state index in [4.69, 9.17) is 16.3 Å². The van der Waals surface area contributed by atoms with Gasteiger partial charge in [0.2, 0.25) is 0 Å². The van der Waals surface area contributed by atoms with Gasteiger partial charge in [-0.1, -0.05) is 72.3 Å². The molecule has 0 bridgehead atoms. The first kappa shape index (κ1) is 22.4. The molecule has 0 radical (unpaired) electrons. The maximum absolute atomic E-state index is 13.7. The van der Waals surface area contributed by atoms with E-state index < -0.39 is 0 Å². The fourth-order valence-corrected chi connectivity index (χ4v) is 5.39. The lowest BCUT2D eigenvalue weighted by molar-refractivity contribution is 0.0753. The predicted octanol–water partition coefficient (Wildman–Crippen LogP) is 7.28. The molecule has 1 atom stereocenters. The van der Waals surface area contributed by atoms with Gasteiger partial charge in [-0.3, -0.25) is 4.79 Å². The van der Waals surface area contributed by atoms with Crippen molar-refractivity contribution in [3.05, 3.63) is 124 Å². The van der Waals surface area contributed by atoms with Crippen LogP contribution < -0.4 is 4.74 Å². The second-order valence-corrected chi connectivity index (χ2v) is 9.49. The molecule has 2 heterocycles. The smallest absolute Gasteiger partial charge is 0.255 e. The molecule has 0 saturated carbocycles. The molecule has 4 aromatic carbocycles. The Labute approximate surface area is 215 Å². The van der Waals surface area contributed by atoms with Gasteiger partial charge in [-0.2, -0.15) is 0 Å².